The number of H-pyrrole nitrogens is 1. The molecule has 6 heteroatoms. The maximum absolute atomic E-state index is 13.2. The third kappa shape index (κ3) is 5.31. The number of hydrogen-bond acceptors (Lipinski definition) is 3. The van der Waals surface area contributed by atoms with Crippen LogP contribution in [-0.4, -0.2) is 28.6 Å². The Hall–Kier alpha value is -3.28. The molecule has 4 rings (SSSR count). The van der Waals surface area contributed by atoms with Gasteiger partial charge in [0.1, 0.15) is 5.75 Å². The van der Waals surface area contributed by atoms with E-state index in [0.717, 1.165) is 47.9 Å². The standard InChI is InChI=1S/C26H31N3O3/c1-2-32-23-13-14-24-20(16-23)15-21(25(30)28-24)18-29(22-11-7-4-8-12-22)26(31)27-17-19-9-5-3-6-10-19/h3,5-6,9-10,13-16,22H,2,4,7-8,11-12,17-18H2,1H3,(H,27,31)(H,28,30). The number of hydrogen-bond donors (Lipinski definition) is 2. The number of fused-ring (bicyclic) bond motifs is 1. The first kappa shape index (κ1) is 21.9. The summed E-state index contributed by atoms with van der Waals surface area (Å²) in [5, 5.41) is 3.96. The van der Waals surface area contributed by atoms with Crippen LogP contribution in [0.3, 0.4) is 0 Å². The van der Waals surface area contributed by atoms with E-state index in [2.05, 4.69) is 10.3 Å². The van der Waals surface area contributed by atoms with Gasteiger partial charge in [0.05, 0.1) is 13.2 Å². The number of urea groups is 1. The monoisotopic (exact) mass is 433 g/mol. The fraction of sp³-hybridized carbons (Fsp3) is 0.385. The van der Waals surface area contributed by atoms with Crippen LogP contribution in [0.25, 0.3) is 10.9 Å². The number of carbonyl (C=O) groups is 1. The van der Waals surface area contributed by atoms with Crippen molar-refractivity contribution < 1.29 is 9.53 Å². The van der Waals surface area contributed by atoms with E-state index in [4.69, 9.17) is 4.74 Å². The predicted molar refractivity (Wildman–Crippen MR) is 127 cm³/mol. The van der Waals surface area contributed by atoms with Crippen LogP contribution in [0.15, 0.2) is 59.4 Å². The zero-order chi connectivity index (χ0) is 22.3. The van der Waals surface area contributed by atoms with Gasteiger partial charge in [-0.25, -0.2) is 4.79 Å². The van der Waals surface area contributed by atoms with E-state index in [1.54, 1.807) is 0 Å². The molecular weight excluding hydrogens is 402 g/mol. The average molecular weight is 434 g/mol. The molecule has 0 radical (unpaired) electrons. The summed E-state index contributed by atoms with van der Waals surface area (Å²) in [6.45, 7) is 3.28. The van der Waals surface area contributed by atoms with Crippen molar-refractivity contribution in [3.63, 3.8) is 0 Å². The highest BCUT2D eigenvalue weighted by molar-refractivity contribution is 5.81. The number of aromatic amines is 1. The number of ether oxygens (including phenoxy) is 1. The minimum atomic E-state index is -0.154. The number of carbonyl (C=O) groups excluding carboxylic acids is 1. The number of aromatic nitrogens is 1. The lowest BCUT2D eigenvalue weighted by atomic mass is 9.94. The van der Waals surface area contributed by atoms with Crippen molar-refractivity contribution in [3.8, 4) is 5.75 Å². The third-order valence-electron chi connectivity index (χ3n) is 6.11. The lowest BCUT2D eigenvalue weighted by Gasteiger charge is -2.34. The second kappa shape index (κ2) is 10.4. The van der Waals surface area contributed by atoms with Gasteiger partial charge in [0.15, 0.2) is 0 Å². The first-order chi connectivity index (χ1) is 15.6. The van der Waals surface area contributed by atoms with E-state index in [-0.39, 0.29) is 24.2 Å². The van der Waals surface area contributed by atoms with E-state index in [1.807, 2.05) is 66.4 Å². The van der Waals surface area contributed by atoms with Gasteiger partial charge in [-0.1, -0.05) is 49.6 Å². The van der Waals surface area contributed by atoms with Gasteiger partial charge in [-0.05, 0) is 49.6 Å². The van der Waals surface area contributed by atoms with E-state index in [1.165, 1.54) is 6.42 Å². The molecular formula is C26H31N3O3. The van der Waals surface area contributed by atoms with Gasteiger partial charge in [0.2, 0.25) is 0 Å². The summed E-state index contributed by atoms with van der Waals surface area (Å²) in [7, 11) is 0. The van der Waals surface area contributed by atoms with Crippen LogP contribution in [0.4, 0.5) is 4.79 Å². The van der Waals surface area contributed by atoms with E-state index < -0.39 is 0 Å². The molecule has 1 heterocycles. The summed E-state index contributed by atoms with van der Waals surface area (Å²) in [5.41, 5.74) is 2.25. The van der Waals surface area contributed by atoms with Gasteiger partial charge < -0.3 is 19.9 Å². The molecule has 0 bridgehead atoms. The number of rotatable bonds is 7. The van der Waals surface area contributed by atoms with Crippen LogP contribution in [0.2, 0.25) is 0 Å². The molecule has 0 spiro atoms. The Labute approximate surface area is 188 Å². The minimum absolute atomic E-state index is 0.122. The van der Waals surface area contributed by atoms with E-state index in [9.17, 15) is 9.59 Å². The Kier molecular flexibility index (Phi) is 7.10. The van der Waals surface area contributed by atoms with Crippen molar-refractivity contribution in [3.05, 3.63) is 76.1 Å². The maximum atomic E-state index is 13.2. The van der Waals surface area contributed by atoms with Gasteiger partial charge in [-0.3, -0.25) is 4.79 Å². The summed E-state index contributed by atoms with van der Waals surface area (Å²) in [4.78, 5) is 30.9. The molecule has 3 aromatic rings. The van der Waals surface area contributed by atoms with Crippen LogP contribution < -0.4 is 15.6 Å². The number of amides is 2. The first-order valence-corrected chi connectivity index (χ1v) is 11.5. The van der Waals surface area contributed by atoms with Gasteiger partial charge >= 0.3 is 6.03 Å². The summed E-state index contributed by atoms with van der Waals surface area (Å²) < 4.78 is 5.61. The molecule has 1 saturated carbocycles. The lowest BCUT2D eigenvalue weighted by Crippen LogP contribution is -2.47. The second-order valence-corrected chi connectivity index (χ2v) is 8.37. The van der Waals surface area contributed by atoms with E-state index in [0.29, 0.717) is 18.7 Å². The van der Waals surface area contributed by atoms with Crippen molar-refractivity contribution >= 4 is 16.9 Å². The zero-order valence-electron chi connectivity index (χ0n) is 18.6. The van der Waals surface area contributed by atoms with Crippen molar-refractivity contribution in [1.82, 2.24) is 15.2 Å². The molecule has 6 nitrogen and oxygen atoms in total. The zero-order valence-corrected chi connectivity index (χ0v) is 18.6. The van der Waals surface area contributed by atoms with Crippen molar-refractivity contribution in [2.45, 2.75) is 58.2 Å². The maximum Gasteiger partial charge on any atom is 0.318 e. The fourth-order valence-corrected chi connectivity index (χ4v) is 4.42. The molecule has 2 aromatic carbocycles. The molecule has 2 N–H and O–H groups in total. The highest BCUT2D eigenvalue weighted by Gasteiger charge is 2.26. The minimum Gasteiger partial charge on any atom is -0.494 e. The lowest BCUT2D eigenvalue weighted by molar-refractivity contribution is 0.150. The first-order valence-electron chi connectivity index (χ1n) is 11.5. The molecule has 0 aliphatic heterocycles. The Morgan fingerprint density at radius 1 is 1.09 bits per heavy atom. The molecule has 1 aliphatic carbocycles. The molecule has 0 atom stereocenters. The van der Waals surface area contributed by atoms with Gasteiger partial charge in [-0.15, -0.1) is 0 Å². The largest absolute Gasteiger partial charge is 0.494 e. The molecule has 1 fully saturated rings. The van der Waals surface area contributed by atoms with E-state index >= 15 is 0 Å². The Bertz CT molecular complexity index is 1100. The quantitative estimate of drug-likeness (QED) is 0.552. The molecule has 2 amide bonds. The highest BCUT2D eigenvalue weighted by atomic mass is 16.5. The Morgan fingerprint density at radius 2 is 1.88 bits per heavy atom. The number of benzene rings is 2. The van der Waals surface area contributed by atoms with Crippen LogP contribution in [-0.2, 0) is 13.1 Å². The molecule has 0 saturated heterocycles. The molecule has 1 aromatic heterocycles. The van der Waals surface area contributed by atoms with Crippen LogP contribution in [0, 0.1) is 0 Å². The summed E-state index contributed by atoms with van der Waals surface area (Å²) >= 11 is 0. The summed E-state index contributed by atoms with van der Waals surface area (Å²) in [6.07, 6.45) is 5.36. The number of nitrogens with one attached hydrogen (secondary N) is 2. The molecule has 1 aliphatic rings. The van der Waals surface area contributed by atoms with Gasteiger partial charge in [0.25, 0.3) is 5.56 Å². The number of nitrogens with zero attached hydrogens (tertiary/aromatic N) is 1. The molecule has 32 heavy (non-hydrogen) atoms. The topological polar surface area (TPSA) is 74.4 Å². The van der Waals surface area contributed by atoms with Crippen molar-refractivity contribution in [1.29, 1.82) is 0 Å². The Balaban J connectivity index is 1.58. The smallest absolute Gasteiger partial charge is 0.318 e. The van der Waals surface area contributed by atoms with Gasteiger partial charge in [-0.2, -0.15) is 0 Å². The third-order valence-corrected chi connectivity index (χ3v) is 6.11. The molecule has 168 valence electrons. The summed E-state index contributed by atoms with van der Waals surface area (Å²) in [5.74, 6) is 0.766. The van der Waals surface area contributed by atoms with Crippen molar-refractivity contribution in [2.75, 3.05) is 6.61 Å². The normalized spacial score (nSPS) is 14.3. The Morgan fingerprint density at radius 3 is 2.62 bits per heavy atom. The number of pyridine rings is 1. The summed E-state index contributed by atoms with van der Waals surface area (Å²) in [6, 6.07) is 17.4. The van der Waals surface area contributed by atoms with Crippen LogP contribution >= 0.6 is 0 Å². The van der Waals surface area contributed by atoms with Crippen LogP contribution in [0.5, 0.6) is 5.75 Å². The highest BCUT2D eigenvalue weighted by Crippen LogP contribution is 2.25. The fourth-order valence-electron chi connectivity index (χ4n) is 4.42. The SMILES string of the molecule is CCOc1ccc2[nH]c(=O)c(CN(C(=O)NCc3ccccc3)C3CCCCC3)cc2c1. The van der Waals surface area contributed by atoms with Gasteiger partial charge in [0, 0.05) is 29.1 Å². The average Bonchev–Trinajstić information content (AvgIpc) is 2.83. The second-order valence-electron chi connectivity index (χ2n) is 8.37. The predicted octanol–water partition coefficient (Wildman–Crippen LogP) is 4.97. The molecule has 0 unspecified atom stereocenters. The van der Waals surface area contributed by atoms with Crippen molar-refractivity contribution in [2.24, 2.45) is 0 Å². The van der Waals surface area contributed by atoms with Crippen LogP contribution in [0.1, 0.15) is 50.2 Å².